The average Bonchev–Trinajstić information content (AvgIpc) is 3.54. The third-order valence-electron chi connectivity index (χ3n) is 5.18. The molecule has 0 atom stereocenters. The molecule has 1 fully saturated rings. The van der Waals surface area contributed by atoms with E-state index in [9.17, 15) is 4.79 Å². The Hall–Kier alpha value is -3.66. The van der Waals surface area contributed by atoms with Crippen LogP contribution in [0.1, 0.15) is 0 Å². The summed E-state index contributed by atoms with van der Waals surface area (Å²) in [7, 11) is 0. The zero-order valence-corrected chi connectivity index (χ0v) is 18.1. The number of amides is 1. The van der Waals surface area contributed by atoms with Crippen molar-refractivity contribution in [1.82, 2.24) is 29.6 Å². The summed E-state index contributed by atoms with van der Waals surface area (Å²) < 4.78 is 7.46. The molecule has 3 aromatic heterocycles. The van der Waals surface area contributed by atoms with E-state index >= 15 is 0 Å². The third-order valence-corrected chi connectivity index (χ3v) is 6.10. The molecule has 4 heterocycles. The fourth-order valence-electron chi connectivity index (χ4n) is 3.57. The minimum Gasteiger partial charge on any atom is -0.461 e. The van der Waals surface area contributed by atoms with Crippen LogP contribution in [0.4, 0.5) is 5.95 Å². The van der Waals surface area contributed by atoms with E-state index in [-0.39, 0.29) is 11.7 Å². The second-order valence-electron chi connectivity index (χ2n) is 7.16. The Bertz CT molecular complexity index is 1160. The molecule has 1 aromatic carbocycles. The van der Waals surface area contributed by atoms with Crippen LogP contribution >= 0.6 is 11.8 Å². The maximum absolute atomic E-state index is 12.9. The van der Waals surface area contributed by atoms with Gasteiger partial charge in [0.2, 0.25) is 17.7 Å². The molecule has 32 heavy (non-hydrogen) atoms. The van der Waals surface area contributed by atoms with E-state index in [1.54, 1.807) is 24.7 Å². The van der Waals surface area contributed by atoms with Gasteiger partial charge in [-0.1, -0.05) is 30.0 Å². The minimum absolute atomic E-state index is 0.0748. The Balaban J connectivity index is 1.27. The number of carbonyl (C=O) groups excluding carboxylic acids is 1. The van der Waals surface area contributed by atoms with Crippen molar-refractivity contribution in [3.8, 4) is 17.3 Å². The lowest BCUT2D eigenvalue weighted by molar-refractivity contribution is -0.128. The number of hydrogen-bond donors (Lipinski definition) is 0. The van der Waals surface area contributed by atoms with E-state index in [1.807, 2.05) is 51.9 Å². The van der Waals surface area contributed by atoms with Gasteiger partial charge in [-0.25, -0.2) is 9.97 Å². The summed E-state index contributed by atoms with van der Waals surface area (Å²) in [5.74, 6) is 2.29. The third kappa shape index (κ3) is 4.22. The molecule has 1 saturated heterocycles. The van der Waals surface area contributed by atoms with Crippen LogP contribution in [0, 0.1) is 0 Å². The number of furan rings is 1. The molecule has 0 bridgehead atoms. The first-order chi connectivity index (χ1) is 15.8. The van der Waals surface area contributed by atoms with Gasteiger partial charge >= 0.3 is 0 Å². The molecule has 1 amide bonds. The number of carbonyl (C=O) groups is 1. The fourth-order valence-corrected chi connectivity index (χ4v) is 4.42. The van der Waals surface area contributed by atoms with Crippen LogP contribution in [0.3, 0.4) is 0 Å². The normalized spacial score (nSPS) is 14.0. The highest BCUT2D eigenvalue weighted by atomic mass is 32.2. The average molecular weight is 448 g/mol. The number of benzene rings is 1. The SMILES string of the molecule is O=C(CSc1nnc(-c2ccco2)n1-c1ccccc1)N1CCN(c2ncccn2)CC1. The van der Waals surface area contributed by atoms with E-state index in [0.29, 0.717) is 48.9 Å². The van der Waals surface area contributed by atoms with Gasteiger partial charge in [-0.3, -0.25) is 9.36 Å². The van der Waals surface area contributed by atoms with Gasteiger partial charge in [-0.15, -0.1) is 10.2 Å². The standard InChI is InChI=1S/C22H21N7O2S/c30-19(27-11-13-28(14-12-27)21-23-9-5-10-24-21)16-32-22-26-25-20(18-8-4-15-31-18)29(22)17-6-2-1-3-7-17/h1-10,15H,11-14,16H2. The highest BCUT2D eigenvalue weighted by Crippen LogP contribution is 2.28. The van der Waals surface area contributed by atoms with Gasteiger partial charge in [0.05, 0.1) is 12.0 Å². The lowest BCUT2D eigenvalue weighted by Gasteiger charge is -2.34. The number of thioether (sulfide) groups is 1. The molecule has 0 saturated carbocycles. The molecule has 0 spiro atoms. The Morgan fingerprint density at radius 2 is 1.72 bits per heavy atom. The largest absolute Gasteiger partial charge is 0.461 e. The number of anilines is 1. The Kier molecular flexibility index (Phi) is 5.84. The van der Waals surface area contributed by atoms with Crippen molar-refractivity contribution in [1.29, 1.82) is 0 Å². The first-order valence-corrected chi connectivity index (χ1v) is 11.3. The Labute approximate surface area is 189 Å². The first-order valence-electron chi connectivity index (χ1n) is 10.3. The smallest absolute Gasteiger partial charge is 0.233 e. The summed E-state index contributed by atoms with van der Waals surface area (Å²) in [5.41, 5.74) is 0.912. The van der Waals surface area contributed by atoms with Crippen LogP contribution in [-0.4, -0.2) is 67.5 Å². The Morgan fingerprint density at radius 1 is 0.938 bits per heavy atom. The van der Waals surface area contributed by atoms with E-state index in [2.05, 4.69) is 25.1 Å². The molecule has 0 aliphatic carbocycles. The zero-order chi connectivity index (χ0) is 21.8. The van der Waals surface area contributed by atoms with Crippen LogP contribution in [0.25, 0.3) is 17.3 Å². The van der Waals surface area contributed by atoms with Crippen molar-refractivity contribution in [2.24, 2.45) is 0 Å². The van der Waals surface area contributed by atoms with E-state index in [1.165, 1.54) is 11.8 Å². The van der Waals surface area contributed by atoms with E-state index in [4.69, 9.17) is 4.42 Å². The van der Waals surface area contributed by atoms with Crippen LogP contribution in [0.15, 0.2) is 76.8 Å². The zero-order valence-electron chi connectivity index (χ0n) is 17.2. The van der Waals surface area contributed by atoms with Gasteiger partial charge in [0.1, 0.15) is 0 Å². The predicted molar refractivity (Wildman–Crippen MR) is 121 cm³/mol. The number of para-hydroxylation sites is 1. The van der Waals surface area contributed by atoms with Gasteiger partial charge < -0.3 is 14.2 Å². The van der Waals surface area contributed by atoms with Crippen molar-refractivity contribution < 1.29 is 9.21 Å². The molecule has 162 valence electrons. The van der Waals surface area contributed by atoms with E-state index < -0.39 is 0 Å². The summed E-state index contributed by atoms with van der Waals surface area (Å²) in [4.78, 5) is 25.4. The highest BCUT2D eigenvalue weighted by molar-refractivity contribution is 7.99. The van der Waals surface area contributed by atoms with Crippen LogP contribution in [0.2, 0.25) is 0 Å². The molecule has 4 aromatic rings. The number of hydrogen-bond acceptors (Lipinski definition) is 8. The summed E-state index contributed by atoms with van der Waals surface area (Å²) in [6.45, 7) is 2.70. The number of piperazine rings is 1. The van der Waals surface area contributed by atoms with Crippen LogP contribution < -0.4 is 4.90 Å². The van der Waals surface area contributed by atoms with Gasteiger partial charge in [-0.2, -0.15) is 0 Å². The lowest BCUT2D eigenvalue weighted by atomic mass is 10.3. The van der Waals surface area contributed by atoms with Crippen molar-refractivity contribution in [2.45, 2.75) is 5.16 Å². The van der Waals surface area contributed by atoms with E-state index in [0.717, 1.165) is 5.69 Å². The summed E-state index contributed by atoms with van der Waals surface area (Å²) >= 11 is 1.38. The van der Waals surface area contributed by atoms with Gasteiger partial charge in [0, 0.05) is 44.3 Å². The molecular formula is C22H21N7O2S. The fraction of sp³-hybridized carbons (Fsp3) is 0.227. The summed E-state index contributed by atoms with van der Waals surface area (Å²) in [6, 6.07) is 15.3. The molecule has 1 aliphatic rings. The quantitative estimate of drug-likeness (QED) is 0.417. The second kappa shape index (κ2) is 9.23. The molecule has 10 heteroatoms. The van der Waals surface area contributed by atoms with Crippen molar-refractivity contribution >= 4 is 23.6 Å². The minimum atomic E-state index is 0.0748. The van der Waals surface area contributed by atoms with Crippen LogP contribution in [-0.2, 0) is 4.79 Å². The molecule has 0 radical (unpaired) electrons. The van der Waals surface area contributed by atoms with Gasteiger partial charge in [-0.05, 0) is 30.3 Å². The first kappa shape index (κ1) is 20.3. The predicted octanol–water partition coefficient (Wildman–Crippen LogP) is 2.76. The summed E-state index contributed by atoms with van der Waals surface area (Å²) in [5, 5.41) is 9.31. The number of nitrogens with zero attached hydrogens (tertiary/aromatic N) is 7. The second-order valence-corrected chi connectivity index (χ2v) is 8.10. The molecule has 9 nitrogen and oxygen atoms in total. The maximum atomic E-state index is 12.9. The van der Waals surface area contributed by atoms with Crippen molar-refractivity contribution in [3.63, 3.8) is 0 Å². The monoisotopic (exact) mass is 447 g/mol. The molecular weight excluding hydrogens is 426 g/mol. The van der Waals surface area contributed by atoms with Gasteiger partial charge in [0.15, 0.2) is 10.9 Å². The number of aromatic nitrogens is 5. The van der Waals surface area contributed by atoms with Crippen molar-refractivity contribution in [2.75, 3.05) is 36.8 Å². The lowest BCUT2D eigenvalue weighted by Crippen LogP contribution is -2.49. The van der Waals surface area contributed by atoms with Crippen LogP contribution in [0.5, 0.6) is 0 Å². The summed E-state index contributed by atoms with van der Waals surface area (Å²) in [6.07, 6.45) is 5.07. The molecule has 5 rings (SSSR count). The molecule has 0 unspecified atom stereocenters. The van der Waals surface area contributed by atoms with Gasteiger partial charge in [0.25, 0.3) is 0 Å². The topological polar surface area (TPSA) is 93.2 Å². The molecule has 1 aliphatic heterocycles. The Morgan fingerprint density at radius 3 is 2.44 bits per heavy atom. The highest BCUT2D eigenvalue weighted by Gasteiger charge is 2.24. The number of rotatable bonds is 6. The molecule has 0 N–H and O–H groups in total. The maximum Gasteiger partial charge on any atom is 0.233 e. The van der Waals surface area contributed by atoms with Crippen molar-refractivity contribution in [3.05, 3.63) is 67.2 Å².